The maximum absolute atomic E-state index is 12.4. The number of benzene rings is 1. The number of amides is 2. The van der Waals surface area contributed by atoms with Crippen LogP contribution in [0.25, 0.3) is 0 Å². The van der Waals surface area contributed by atoms with Gasteiger partial charge in [0.25, 0.3) is 0 Å². The van der Waals surface area contributed by atoms with E-state index in [1.807, 2.05) is 36.4 Å². The van der Waals surface area contributed by atoms with Crippen molar-refractivity contribution in [2.45, 2.75) is 51.2 Å². The Kier molecular flexibility index (Phi) is 4.22. The lowest BCUT2D eigenvalue weighted by Gasteiger charge is -2.31. The fraction of sp³-hybridized carbons (Fsp3) is 0.474. The molecular weight excluding hydrogens is 306 g/mol. The number of hydrogen-bond acceptors (Lipinski definition) is 4. The maximum atomic E-state index is 12.4. The van der Waals surface area contributed by atoms with Crippen LogP contribution in [0.15, 0.2) is 42.1 Å². The van der Waals surface area contributed by atoms with Crippen molar-refractivity contribution in [3.8, 4) is 0 Å². The molecule has 1 heterocycles. The molecule has 0 bridgehead atoms. The third-order valence-electron chi connectivity index (χ3n) is 4.40. The largest absolute Gasteiger partial charge is 0.443 e. The molecule has 0 radical (unpaired) electrons. The first kappa shape index (κ1) is 16.7. The van der Waals surface area contributed by atoms with E-state index in [1.54, 1.807) is 20.8 Å². The Balaban J connectivity index is 1.93. The molecule has 128 valence electrons. The Hall–Kier alpha value is -2.14. The number of likely N-dealkylation sites (tertiary alicyclic amines) is 1. The van der Waals surface area contributed by atoms with Crippen molar-refractivity contribution in [3.63, 3.8) is 0 Å². The average molecular weight is 329 g/mol. The minimum atomic E-state index is -0.664. The molecular formula is C19H23NO4. The fourth-order valence-corrected chi connectivity index (χ4v) is 3.39. The van der Waals surface area contributed by atoms with Gasteiger partial charge in [-0.3, -0.25) is 4.79 Å². The Morgan fingerprint density at radius 1 is 1.25 bits per heavy atom. The highest BCUT2D eigenvalue weighted by Crippen LogP contribution is 2.42. The van der Waals surface area contributed by atoms with Crippen LogP contribution in [-0.4, -0.2) is 33.7 Å². The summed E-state index contributed by atoms with van der Waals surface area (Å²) < 4.78 is 5.37. The monoisotopic (exact) mass is 329 g/mol. The smallest absolute Gasteiger partial charge is 0.421 e. The molecule has 1 aromatic carbocycles. The lowest BCUT2D eigenvalue weighted by molar-refractivity contribution is -0.126. The molecule has 0 aromatic heterocycles. The number of carbonyl (C=O) groups is 2. The molecule has 3 atom stereocenters. The number of imide groups is 1. The average Bonchev–Trinajstić information content (AvgIpc) is 2.80. The second kappa shape index (κ2) is 6.06. The number of hydrogen-bond donors (Lipinski definition) is 1. The highest BCUT2D eigenvalue weighted by Gasteiger charge is 2.45. The predicted octanol–water partition coefficient (Wildman–Crippen LogP) is 3.20. The van der Waals surface area contributed by atoms with Gasteiger partial charge in [0.1, 0.15) is 5.60 Å². The predicted molar refractivity (Wildman–Crippen MR) is 89.1 cm³/mol. The molecule has 1 saturated heterocycles. The maximum Gasteiger partial charge on any atom is 0.421 e. The summed E-state index contributed by atoms with van der Waals surface area (Å²) in [6.45, 7) is 5.32. The van der Waals surface area contributed by atoms with Crippen molar-refractivity contribution in [2.75, 3.05) is 0 Å². The van der Waals surface area contributed by atoms with Gasteiger partial charge in [-0.1, -0.05) is 36.4 Å². The fourth-order valence-electron chi connectivity index (χ4n) is 3.39. The summed E-state index contributed by atoms with van der Waals surface area (Å²) in [7, 11) is 0. The van der Waals surface area contributed by atoms with Gasteiger partial charge in [-0.25, -0.2) is 9.69 Å². The molecule has 0 unspecified atom stereocenters. The zero-order chi connectivity index (χ0) is 17.5. The Morgan fingerprint density at radius 2 is 1.92 bits per heavy atom. The first-order chi connectivity index (χ1) is 11.3. The zero-order valence-corrected chi connectivity index (χ0v) is 14.2. The molecule has 0 saturated carbocycles. The van der Waals surface area contributed by atoms with E-state index in [1.165, 1.54) is 0 Å². The van der Waals surface area contributed by atoms with Crippen LogP contribution in [0.4, 0.5) is 4.79 Å². The number of aliphatic hydroxyl groups is 1. The second-order valence-corrected chi connectivity index (χ2v) is 7.44. The topological polar surface area (TPSA) is 66.8 Å². The zero-order valence-electron chi connectivity index (χ0n) is 14.2. The highest BCUT2D eigenvalue weighted by molar-refractivity contribution is 5.97. The summed E-state index contributed by atoms with van der Waals surface area (Å²) in [4.78, 5) is 25.9. The molecule has 1 fully saturated rings. The number of fused-ring (bicyclic) bond motifs is 1. The third kappa shape index (κ3) is 3.22. The Labute approximate surface area is 141 Å². The van der Waals surface area contributed by atoms with Crippen LogP contribution in [-0.2, 0) is 9.53 Å². The van der Waals surface area contributed by atoms with E-state index in [-0.39, 0.29) is 24.2 Å². The highest BCUT2D eigenvalue weighted by atomic mass is 16.6. The van der Waals surface area contributed by atoms with E-state index in [0.717, 1.165) is 10.5 Å². The normalized spacial score (nSPS) is 26.8. The van der Waals surface area contributed by atoms with Gasteiger partial charge in [-0.05, 0) is 32.8 Å². The molecule has 3 rings (SSSR count). The number of allylic oxidation sites excluding steroid dienone is 1. The van der Waals surface area contributed by atoms with Crippen molar-refractivity contribution in [3.05, 3.63) is 47.7 Å². The summed E-state index contributed by atoms with van der Waals surface area (Å²) in [5, 5.41) is 10.5. The number of carbonyl (C=O) groups excluding carboxylic acids is 2. The van der Waals surface area contributed by atoms with E-state index in [0.29, 0.717) is 12.1 Å². The standard InChI is InChI=1S/C19H23NO4/c1-19(2,3)24-18(23)20-15-11-14(12-7-5-4-6-8-12)16(21)9-13(15)10-17(20)22/h4-8,11,13-14,16,21H,9-10H2,1-3H3/t13-,14-,16-/m0/s1. The number of aliphatic hydroxyl groups excluding tert-OH is 1. The molecule has 1 aliphatic heterocycles. The molecule has 2 amide bonds. The minimum absolute atomic E-state index is 0.125. The van der Waals surface area contributed by atoms with Crippen LogP contribution < -0.4 is 0 Å². The van der Waals surface area contributed by atoms with Gasteiger partial charge in [-0.15, -0.1) is 0 Å². The van der Waals surface area contributed by atoms with Crippen molar-refractivity contribution >= 4 is 12.0 Å². The summed E-state index contributed by atoms with van der Waals surface area (Å²) in [5.41, 5.74) is 0.969. The van der Waals surface area contributed by atoms with Gasteiger partial charge in [0, 0.05) is 24.0 Å². The van der Waals surface area contributed by atoms with Crippen LogP contribution in [0.1, 0.15) is 45.1 Å². The van der Waals surface area contributed by atoms with E-state index >= 15 is 0 Å². The summed E-state index contributed by atoms with van der Waals surface area (Å²) in [6.07, 6.45) is 1.36. The molecule has 24 heavy (non-hydrogen) atoms. The van der Waals surface area contributed by atoms with E-state index in [4.69, 9.17) is 4.74 Å². The molecule has 1 aromatic rings. The number of nitrogens with zero attached hydrogens (tertiary/aromatic N) is 1. The van der Waals surface area contributed by atoms with E-state index in [2.05, 4.69) is 0 Å². The SMILES string of the molecule is CC(C)(C)OC(=O)N1C(=O)C[C@@H]2C[C@H](O)[C@H](c3ccccc3)C=C21. The van der Waals surface area contributed by atoms with Crippen LogP contribution in [0.2, 0.25) is 0 Å². The number of rotatable bonds is 1. The van der Waals surface area contributed by atoms with E-state index < -0.39 is 17.8 Å². The summed E-state index contributed by atoms with van der Waals surface area (Å²) >= 11 is 0. The molecule has 1 N–H and O–H groups in total. The lowest BCUT2D eigenvalue weighted by atomic mass is 9.80. The summed E-state index contributed by atoms with van der Waals surface area (Å²) in [5.74, 6) is -0.616. The first-order valence-electron chi connectivity index (χ1n) is 8.27. The van der Waals surface area contributed by atoms with Gasteiger partial charge in [0.05, 0.1) is 6.10 Å². The van der Waals surface area contributed by atoms with E-state index in [9.17, 15) is 14.7 Å². The summed E-state index contributed by atoms with van der Waals surface area (Å²) in [6, 6.07) is 9.64. The quantitative estimate of drug-likeness (QED) is 0.859. The van der Waals surface area contributed by atoms with Crippen molar-refractivity contribution in [1.29, 1.82) is 0 Å². The van der Waals surface area contributed by atoms with Crippen LogP contribution >= 0.6 is 0 Å². The lowest BCUT2D eigenvalue weighted by Crippen LogP contribution is -2.38. The van der Waals surface area contributed by atoms with Gasteiger partial charge >= 0.3 is 6.09 Å². The molecule has 5 nitrogen and oxygen atoms in total. The molecule has 5 heteroatoms. The third-order valence-corrected chi connectivity index (χ3v) is 4.40. The van der Waals surface area contributed by atoms with Gasteiger partial charge in [-0.2, -0.15) is 0 Å². The van der Waals surface area contributed by atoms with Crippen molar-refractivity contribution in [1.82, 2.24) is 4.90 Å². The van der Waals surface area contributed by atoms with Crippen molar-refractivity contribution in [2.24, 2.45) is 5.92 Å². The van der Waals surface area contributed by atoms with Crippen LogP contribution in [0.3, 0.4) is 0 Å². The van der Waals surface area contributed by atoms with Gasteiger partial charge in [0.15, 0.2) is 0 Å². The van der Waals surface area contributed by atoms with Crippen molar-refractivity contribution < 1.29 is 19.4 Å². The minimum Gasteiger partial charge on any atom is -0.443 e. The number of ether oxygens (including phenoxy) is 1. The van der Waals surface area contributed by atoms with Crippen LogP contribution in [0.5, 0.6) is 0 Å². The van der Waals surface area contributed by atoms with Gasteiger partial charge < -0.3 is 9.84 Å². The molecule has 0 spiro atoms. The molecule has 1 aliphatic carbocycles. The molecule has 2 aliphatic rings. The van der Waals surface area contributed by atoms with Crippen LogP contribution in [0, 0.1) is 5.92 Å². The van der Waals surface area contributed by atoms with Gasteiger partial charge in [0.2, 0.25) is 5.91 Å². The Bertz CT molecular complexity index is 674. The second-order valence-electron chi connectivity index (χ2n) is 7.44. The Morgan fingerprint density at radius 3 is 2.54 bits per heavy atom. The first-order valence-corrected chi connectivity index (χ1v) is 8.27.